The molecule has 0 radical (unpaired) electrons. The number of fused-ring (bicyclic) bond motifs is 1. The van der Waals surface area contributed by atoms with Crippen LogP contribution in [-0.2, 0) is 11.1 Å². The van der Waals surface area contributed by atoms with Crippen LogP contribution in [0.15, 0.2) is 72.8 Å². The second-order valence-corrected chi connectivity index (χ2v) is 13.5. The summed E-state index contributed by atoms with van der Waals surface area (Å²) in [6.07, 6.45) is 7.13. The maximum absolute atomic E-state index is 6.53. The fourth-order valence-corrected chi connectivity index (χ4v) is 6.72. The molecule has 2 fully saturated rings. The van der Waals surface area contributed by atoms with Crippen molar-refractivity contribution in [2.75, 3.05) is 19.6 Å². The molecule has 1 N–H and O–H groups in total. The van der Waals surface area contributed by atoms with Gasteiger partial charge in [-0.05, 0) is 117 Å². The second-order valence-electron chi connectivity index (χ2n) is 13.5. The van der Waals surface area contributed by atoms with Gasteiger partial charge in [0.15, 0.2) is 0 Å². The molecule has 1 aliphatic carbocycles. The van der Waals surface area contributed by atoms with Gasteiger partial charge in [0.2, 0.25) is 0 Å². The lowest BCUT2D eigenvalue weighted by atomic mass is 9.71. The standard InChI is InChI=1S/C37H47BN2O2/c1-6-7-23-40-24-22-32(26-40)41-31-19-16-28(17-20-31)35-33(27-12-9-8-10-13-27)15-11-14-29-25-30(18-21-34(29)35)38-39-36(2,3)37(4,5)42-38/h8-10,12-13,16-21,25,32,39H,6-7,11,14-15,22-24,26H2,1-5H3. The number of unbranched alkanes of at least 4 members (excludes halogenated alkanes) is 1. The van der Waals surface area contributed by atoms with Crippen molar-refractivity contribution in [1.82, 2.24) is 10.1 Å². The van der Waals surface area contributed by atoms with Gasteiger partial charge in [-0.15, -0.1) is 0 Å². The number of ether oxygens (including phenoxy) is 1. The van der Waals surface area contributed by atoms with Crippen LogP contribution in [0.1, 0.15) is 89.0 Å². The van der Waals surface area contributed by atoms with Gasteiger partial charge in [0, 0.05) is 18.6 Å². The number of likely N-dealkylation sites (tertiary alicyclic amines) is 1. The molecule has 0 amide bonds. The van der Waals surface area contributed by atoms with Crippen molar-refractivity contribution in [3.63, 3.8) is 0 Å². The molecule has 3 aromatic rings. The third-order valence-electron chi connectivity index (χ3n) is 9.91. The minimum atomic E-state index is -0.244. The molecule has 2 saturated heterocycles. The summed E-state index contributed by atoms with van der Waals surface area (Å²) in [6.45, 7) is 14.4. The minimum Gasteiger partial charge on any atom is -0.489 e. The molecular weight excluding hydrogens is 515 g/mol. The number of nitrogens with one attached hydrogen (secondary N) is 1. The van der Waals surface area contributed by atoms with Gasteiger partial charge >= 0.3 is 7.05 Å². The van der Waals surface area contributed by atoms with Gasteiger partial charge in [-0.3, -0.25) is 4.90 Å². The fourth-order valence-electron chi connectivity index (χ4n) is 6.72. The van der Waals surface area contributed by atoms with Crippen molar-refractivity contribution < 1.29 is 9.39 Å². The molecule has 5 heteroatoms. The van der Waals surface area contributed by atoms with Crippen LogP contribution in [0.5, 0.6) is 5.75 Å². The summed E-state index contributed by atoms with van der Waals surface area (Å²) in [5.41, 5.74) is 8.94. The Morgan fingerprint density at radius 1 is 0.952 bits per heavy atom. The molecule has 3 aliphatic rings. The Morgan fingerprint density at radius 3 is 2.45 bits per heavy atom. The zero-order chi connectivity index (χ0) is 29.3. The highest BCUT2D eigenvalue weighted by Crippen LogP contribution is 2.40. The van der Waals surface area contributed by atoms with E-state index in [0.717, 1.165) is 44.5 Å². The zero-order valence-electron chi connectivity index (χ0n) is 26.2. The third kappa shape index (κ3) is 5.97. The van der Waals surface area contributed by atoms with Gasteiger partial charge in [0.25, 0.3) is 0 Å². The Morgan fingerprint density at radius 2 is 1.74 bits per heavy atom. The minimum absolute atomic E-state index is 0.102. The van der Waals surface area contributed by atoms with Crippen molar-refractivity contribution >= 4 is 23.7 Å². The summed E-state index contributed by atoms with van der Waals surface area (Å²) in [7, 11) is -0.102. The number of rotatable bonds is 8. The highest BCUT2D eigenvalue weighted by molar-refractivity contribution is 6.66. The smallest absolute Gasteiger partial charge is 0.416 e. The number of hydrogen-bond acceptors (Lipinski definition) is 4. The summed E-state index contributed by atoms with van der Waals surface area (Å²) >= 11 is 0. The Hall–Kier alpha value is -2.86. The Labute approximate surface area is 253 Å². The SMILES string of the molecule is CCCCN1CCC(Oc2ccc(C3=C(c4ccccc4)CCCc4cc(B5NC(C)(C)C(C)(C)O5)ccc43)cc2)C1. The lowest BCUT2D eigenvalue weighted by Gasteiger charge is -2.33. The van der Waals surface area contributed by atoms with Crippen molar-refractivity contribution in [3.05, 3.63) is 95.1 Å². The molecule has 0 bridgehead atoms. The lowest BCUT2D eigenvalue weighted by molar-refractivity contribution is 0.0750. The van der Waals surface area contributed by atoms with Crippen LogP contribution in [0.25, 0.3) is 11.1 Å². The Kier molecular flexibility index (Phi) is 8.37. The number of benzene rings is 3. The summed E-state index contributed by atoms with van der Waals surface area (Å²) < 4.78 is 13.0. The van der Waals surface area contributed by atoms with Gasteiger partial charge in [-0.1, -0.05) is 74.0 Å². The van der Waals surface area contributed by atoms with E-state index in [4.69, 9.17) is 9.39 Å². The monoisotopic (exact) mass is 562 g/mol. The third-order valence-corrected chi connectivity index (χ3v) is 9.91. The molecule has 4 nitrogen and oxygen atoms in total. The molecule has 6 rings (SSSR count). The van der Waals surface area contributed by atoms with E-state index < -0.39 is 0 Å². The van der Waals surface area contributed by atoms with Crippen molar-refractivity contribution in [1.29, 1.82) is 0 Å². The first-order valence-corrected chi connectivity index (χ1v) is 16.1. The van der Waals surface area contributed by atoms with Gasteiger partial charge in [-0.25, -0.2) is 0 Å². The quantitative estimate of drug-likeness (QED) is 0.297. The maximum atomic E-state index is 6.53. The van der Waals surface area contributed by atoms with Crippen LogP contribution < -0.4 is 15.4 Å². The summed E-state index contributed by atoms with van der Waals surface area (Å²) in [6, 6.07) is 26.8. The first-order valence-electron chi connectivity index (χ1n) is 16.1. The van der Waals surface area contributed by atoms with Gasteiger partial charge < -0.3 is 14.6 Å². The lowest BCUT2D eigenvalue weighted by Crippen LogP contribution is -2.51. The summed E-state index contributed by atoms with van der Waals surface area (Å²) in [4.78, 5) is 2.55. The molecule has 0 aromatic heterocycles. The number of allylic oxidation sites excluding steroid dienone is 1. The number of aryl methyl sites for hydroxylation is 1. The molecular formula is C37H47BN2O2. The van der Waals surface area contributed by atoms with Crippen LogP contribution in [-0.4, -0.2) is 48.8 Å². The van der Waals surface area contributed by atoms with Crippen molar-refractivity contribution in [2.24, 2.45) is 0 Å². The van der Waals surface area contributed by atoms with E-state index in [1.807, 2.05) is 0 Å². The molecule has 2 aliphatic heterocycles. The van der Waals surface area contributed by atoms with Crippen LogP contribution in [0.4, 0.5) is 0 Å². The van der Waals surface area contributed by atoms with Crippen LogP contribution in [0.3, 0.4) is 0 Å². The highest BCUT2D eigenvalue weighted by Gasteiger charge is 2.49. The molecule has 0 saturated carbocycles. The van der Waals surface area contributed by atoms with Gasteiger partial charge in [-0.2, -0.15) is 0 Å². The molecule has 0 spiro atoms. The van der Waals surface area contributed by atoms with Crippen molar-refractivity contribution in [2.45, 2.75) is 90.4 Å². The first kappa shape index (κ1) is 29.2. The Balaban J connectivity index is 1.31. The molecule has 1 atom stereocenters. The second kappa shape index (κ2) is 12.0. The van der Waals surface area contributed by atoms with E-state index in [1.165, 1.54) is 58.2 Å². The van der Waals surface area contributed by atoms with E-state index in [2.05, 4.69) is 118 Å². The molecule has 220 valence electrons. The van der Waals surface area contributed by atoms with Gasteiger partial charge in [0.05, 0.1) is 5.60 Å². The van der Waals surface area contributed by atoms with E-state index in [0.29, 0.717) is 0 Å². The average Bonchev–Trinajstić information content (AvgIpc) is 3.44. The molecule has 42 heavy (non-hydrogen) atoms. The largest absolute Gasteiger partial charge is 0.489 e. The molecule has 2 heterocycles. The predicted octanol–water partition coefficient (Wildman–Crippen LogP) is 7.11. The number of nitrogens with zero attached hydrogens (tertiary/aromatic N) is 1. The van der Waals surface area contributed by atoms with Crippen LogP contribution in [0.2, 0.25) is 0 Å². The fraction of sp³-hybridized carbons (Fsp3) is 0.459. The normalized spacial score (nSPS) is 21.8. The van der Waals surface area contributed by atoms with Crippen LogP contribution >= 0.6 is 0 Å². The summed E-state index contributed by atoms with van der Waals surface area (Å²) in [5.74, 6) is 0.974. The molecule has 1 unspecified atom stereocenters. The van der Waals surface area contributed by atoms with E-state index in [1.54, 1.807) is 0 Å². The van der Waals surface area contributed by atoms with Crippen LogP contribution in [0, 0.1) is 0 Å². The molecule has 3 aromatic carbocycles. The summed E-state index contributed by atoms with van der Waals surface area (Å²) in [5, 5.41) is 3.73. The van der Waals surface area contributed by atoms with E-state index in [9.17, 15) is 0 Å². The number of hydrogen-bond donors (Lipinski definition) is 1. The Bertz CT molecular complexity index is 1400. The van der Waals surface area contributed by atoms with Crippen molar-refractivity contribution in [3.8, 4) is 5.75 Å². The zero-order valence-corrected chi connectivity index (χ0v) is 26.2. The maximum Gasteiger partial charge on any atom is 0.416 e. The first-order chi connectivity index (χ1) is 20.2. The van der Waals surface area contributed by atoms with E-state index >= 15 is 0 Å². The van der Waals surface area contributed by atoms with Gasteiger partial charge in [0.1, 0.15) is 11.9 Å². The predicted molar refractivity (Wildman–Crippen MR) is 176 cm³/mol. The van der Waals surface area contributed by atoms with E-state index in [-0.39, 0.29) is 24.3 Å². The topological polar surface area (TPSA) is 33.7 Å². The average molecular weight is 563 g/mol. The highest BCUT2D eigenvalue weighted by atomic mass is 16.5.